The second kappa shape index (κ2) is 6.93. The Morgan fingerprint density at radius 2 is 1.90 bits per heavy atom. The quantitative estimate of drug-likeness (QED) is 0.771. The van der Waals surface area contributed by atoms with Gasteiger partial charge in [0.25, 0.3) is 0 Å². The van der Waals surface area contributed by atoms with E-state index in [9.17, 15) is 9.59 Å². The van der Waals surface area contributed by atoms with E-state index in [1.165, 1.54) is 0 Å². The molecular weight excluding hydrogens is 254 g/mol. The van der Waals surface area contributed by atoms with Crippen molar-refractivity contribution >= 4 is 17.6 Å². The molecule has 1 aromatic carbocycles. The fourth-order valence-corrected chi connectivity index (χ4v) is 1.98. The maximum atomic E-state index is 12.3. The van der Waals surface area contributed by atoms with Gasteiger partial charge in [0.2, 0.25) is 5.91 Å². The summed E-state index contributed by atoms with van der Waals surface area (Å²) >= 11 is 0. The van der Waals surface area contributed by atoms with Gasteiger partial charge in [0.1, 0.15) is 6.04 Å². The van der Waals surface area contributed by atoms with Gasteiger partial charge in [-0.2, -0.15) is 0 Å². The number of nitrogens with two attached hydrogens (primary N) is 1. The third-order valence-corrected chi connectivity index (χ3v) is 3.20. The molecule has 0 saturated carbocycles. The minimum atomic E-state index is -0.688. The van der Waals surface area contributed by atoms with Gasteiger partial charge in [-0.05, 0) is 43.4 Å². The van der Waals surface area contributed by atoms with Gasteiger partial charge < -0.3 is 16.4 Å². The standard InChI is InChI=1S/C15H23N3O2/c1-9(2)8-13(18-15(16)20)14(19)17-12-7-5-6-10(3)11(12)4/h5-7,9,13H,8H2,1-4H3,(H,17,19)(H3,16,18,20)/t13-/m0/s1. The van der Waals surface area contributed by atoms with E-state index in [0.29, 0.717) is 6.42 Å². The average Bonchev–Trinajstić information content (AvgIpc) is 2.33. The highest BCUT2D eigenvalue weighted by Gasteiger charge is 2.21. The maximum Gasteiger partial charge on any atom is 0.312 e. The number of nitrogens with one attached hydrogen (secondary N) is 2. The highest BCUT2D eigenvalue weighted by Crippen LogP contribution is 2.18. The first kappa shape index (κ1) is 16.0. The lowest BCUT2D eigenvalue weighted by Gasteiger charge is -2.20. The van der Waals surface area contributed by atoms with Gasteiger partial charge in [0.15, 0.2) is 0 Å². The highest BCUT2D eigenvalue weighted by atomic mass is 16.2. The highest BCUT2D eigenvalue weighted by molar-refractivity contribution is 5.97. The van der Waals surface area contributed by atoms with Crippen LogP contribution in [0.25, 0.3) is 0 Å². The topological polar surface area (TPSA) is 84.2 Å². The van der Waals surface area contributed by atoms with Gasteiger partial charge in [-0.25, -0.2) is 4.79 Å². The molecule has 3 amide bonds. The molecule has 5 nitrogen and oxygen atoms in total. The molecule has 4 N–H and O–H groups in total. The first-order valence-electron chi connectivity index (χ1n) is 6.74. The van der Waals surface area contributed by atoms with Gasteiger partial charge >= 0.3 is 6.03 Å². The zero-order chi connectivity index (χ0) is 15.3. The Hall–Kier alpha value is -2.04. The Morgan fingerprint density at radius 1 is 1.25 bits per heavy atom. The summed E-state index contributed by atoms with van der Waals surface area (Å²) in [5.74, 6) is 0.0300. The number of hydrogen-bond acceptors (Lipinski definition) is 2. The van der Waals surface area contributed by atoms with Crippen LogP contribution in [-0.2, 0) is 4.79 Å². The molecule has 0 radical (unpaired) electrons. The van der Waals surface area contributed by atoms with Crippen LogP contribution in [0.15, 0.2) is 18.2 Å². The zero-order valence-electron chi connectivity index (χ0n) is 12.5. The molecule has 110 valence electrons. The zero-order valence-corrected chi connectivity index (χ0v) is 12.5. The van der Waals surface area contributed by atoms with E-state index in [1.54, 1.807) is 0 Å². The molecule has 0 unspecified atom stereocenters. The van der Waals surface area contributed by atoms with Crippen LogP contribution < -0.4 is 16.4 Å². The van der Waals surface area contributed by atoms with Gasteiger partial charge in [-0.15, -0.1) is 0 Å². The van der Waals surface area contributed by atoms with Gasteiger partial charge in [-0.1, -0.05) is 26.0 Å². The number of hydrogen-bond donors (Lipinski definition) is 3. The molecule has 0 aliphatic carbocycles. The molecule has 0 spiro atoms. The van der Waals surface area contributed by atoms with Crippen molar-refractivity contribution in [3.8, 4) is 0 Å². The third-order valence-electron chi connectivity index (χ3n) is 3.20. The van der Waals surface area contributed by atoms with Crippen LogP contribution in [-0.4, -0.2) is 18.0 Å². The third kappa shape index (κ3) is 4.57. The Morgan fingerprint density at radius 3 is 2.45 bits per heavy atom. The minimum absolute atomic E-state index is 0.244. The number of carbonyl (C=O) groups excluding carboxylic acids is 2. The summed E-state index contributed by atoms with van der Waals surface area (Å²) in [6.45, 7) is 7.91. The van der Waals surface area contributed by atoms with E-state index in [0.717, 1.165) is 16.8 Å². The largest absolute Gasteiger partial charge is 0.352 e. The lowest BCUT2D eigenvalue weighted by atomic mass is 10.0. The van der Waals surface area contributed by atoms with Crippen molar-refractivity contribution in [1.29, 1.82) is 0 Å². The van der Waals surface area contributed by atoms with Crippen molar-refractivity contribution in [2.75, 3.05) is 5.32 Å². The number of amides is 3. The number of carbonyl (C=O) groups is 2. The van der Waals surface area contributed by atoms with Crippen LogP contribution in [0.4, 0.5) is 10.5 Å². The van der Waals surface area contributed by atoms with Crippen molar-refractivity contribution in [3.63, 3.8) is 0 Å². The molecule has 0 aliphatic rings. The molecule has 0 saturated heterocycles. The average molecular weight is 277 g/mol. The fraction of sp³-hybridized carbons (Fsp3) is 0.467. The molecule has 0 fully saturated rings. The summed E-state index contributed by atoms with van der Waals surface area (Å²) in [7, 11) is 0. The lowest BCUT2D eigenvalue weighted by molar-refractivity contribution is -0.118. The van der Waals surface area contributed by atoms with Crippen molar-refractivity contribution in [2.45, 2.75) is 40.2 Å². The van der Waals surface area contributed by atoms with Crippen molar-refractivity contribution in [3.05, 3.63) is 29.3 Å². The number of primary amides is 1. The Balaban J connectivity index is 2.84. The van der Waals surface area contributed by atoms with Crippen LogP contribution in [0.2, 0.25) is 0 Å². The summed E-state index contributed by atoms with van der Waals surface area (Å²) < 4.78 is 0. The summed E-state index contributed by atoms with van der Waals surface area (Å²) in [6, 6.07) is 4.41. The van der Waals surface area contributed by atoms with E-state index in [-0.39, 0.29) is 11.8 Å². The van der Waals surface area contributed by atoms with Gasteiger partial charge in [0, 0.05) is 5.69 Å². The summed E-state index contributed by atoms with van der Waals surface area (Å²) in [6.07, 6.45) is 0.541. The smallest absolute Gasteiger partial charge is 0.312 e. The molecule has 0 aromatic heterocycles. The van der Waals surface area contributed by atoms with E-state index >= 15 is 0 Å². The monoisotopic (exact) mass is 277 g/mol. The number of aryl methyl sites for hydroxylation is 1. The van der Waals surface area contributed by atoms with E-state index in [1.807, 2.05) is 45.9 Å². The molecule has 0 aliphatic heterocycles. The molecule has 0 heterocycles. The molecular formula is C15H23N3O2. The Kier molecular flexibility index (Phi) is 5.55. The summed E-state index contributed by atoms with van der Waals surface area (Å²) in [4.78, 5) is 23.3. The van der Waals surface area contributed by atoms with Crippen LogP contribution in [0.1, 0.15) is 31.4 Å². The first-order chi connectivity index (χ1) is 9.31. The molecule has 5 heteroatoms. The van der Waals surface area contributed by atoms with Crippen molar-refractivity contribution < 1.29 is 9.59 Å². The normalized spacial score (nSPS) is 12.1. The van der Waals surface area contributed by atoms with Crippen LogP contribution in [0.5, 0.6) is 0 Å². The minimum Gasteiger partial charge on any atom is -0.352 e. The number of benzene rings is 1. The predicted molar refractivity (Wildman–Crippen MR) is 80.5 cm³/mol. The second-order valence-electron chi connectivity index (χ2n) is 5.43. The number of anilines is 1. The van der Waals surface area contributed by atoms with Crippen LogP contribution in [0, 0.1) is 19.8 Å². The van der Waals surface area contributed by atoms with E-state index < -0.39 is 12.1 Å². The molecule has 1 atom stereocenters. The SMILES string of the molecule is Cc1cccc(NC(=O)[C@H](CC(C)C)NC(N)=O)c1C. The molecule has 1 rings (SSSR count). The van der Waals surface area contributed by atoms with Gasteiger partial charge in [-0.3, -0.25) is 4.79 Å². The molecule has 0 bridgehead atoms. The second-order valence-corrected chi connectivity index (χ2v) is 5.43. The summed E-state index contributed by atoms with van der Waals surface area (Å²) in [5.41, 5.74) is 8.00. The Labute approximate surface area is 119 Å². The predicted octanol–water partition coefficient (Wildman–Crippen LogP) is 2.32. The fourth-order valence-electron chi connectivity index (χ4n) is 1.98. The van der Waals surface area contributed by atoms with Gasteiger partial charge in [0.05, 0.1) is 0 Å². The van der Waals surface area contributed by atoms with E-state index in [4.69, 9.17) is 5.73 Å². The lowest BCUT2D eigenvalue weighted by Crippen LogP contribution is -2.46. The van der Waals surface area contributed by atoms with Crippen molar-refractivity contribution in [2.24, 2.45) is 11.7 Å². The molecule has 20 heavy (non-hydrogen) atoms. The van der Waals surface area contributed by atoms with Crippen molar-refractivity contribution in [1.82, 2.24) is 5.32 Å². The number of urea groups is 1. The molecule has 1 aromatic rings. The first-order valence-corrected chi connectivity index (χ1v) is 6.74. The Bertz CT molecular complexity index is 498. The van der Waals surface area contributed by atoms with E-state index in [2.05, 4.69) is 10.6 Å². The maximum absolute atomic E-state index is 12.3. The van der Waals surface area contributed by atoms with Crippen LogP contribution >= 0.6 is 0 Å². The summed E-state index contributed by atoms with van der Waals surface area (Å²) in [5, 5.41) is 5.34. The number of rotatable bonds is 5. The van der Waals surface area contributed by atoms with Crippen LogP contribution in [0.3, 0.4) is 0 Å².